The third kappa shape index (κ3) is 5.40. The van der Waals surface area contributed by atoms with Crippen molar-refractivity contribution in [1.82, 2.24) is 15.1 Å². The van der Waals surface area contributed by atoms with E-state index in [9.17, 15) is 9.18 Å². The first-order chi connectivity index (χ1) is 14.6. The van der Waals surface area contributed by atoms with Crippen molar-refractivity contribution < 1.29 is 13.9 Å². The number of hydrogen-bond donors (Lipinski definition) is 1. The van der Waals surface area contributed by atoms with Crippen LogP contribution in [-0.4, -0.2) is 67.2 Å². The van der Waals surface area contributed by atoms with Crippen molar-refractivity contribution in [3.8, 4) is 0 Å². The van der Waals surface area contributed by atoms with Gasteiger partial charge in [0.2, 0.25) is 5.91 Å². The van der Waals surface area contributed by atoms with Gasteiger partial charge in [0.15, 0.2) is 0 Å². The summed E-state index contributed by atoms with van der Waals surface area (Å²) in [5.41, 5.74) is 1.03. The summed E-state index contributed by atoms with van der Waals surface area (Å²) in [5, 5.41) is 3.33. The van der Waals surface area contributed by atoms with Crippen LogP contribution in [0.15, 0.2) is 24.3 Å². The van der Waals surface area contributed by atoms with Gasteiger partial charge in [-0.3, -0.25) is 14.6 Å². The minimum atomic E-state index is -0.196. The van der Waals surface area contributed by atoms with E-state index < -0.39 is 0 Å². The number of carbonyl (C=O) groups is 1. The van der Waals surface area contributed by atoms with E-state index in [1.165, 1.54) is 25.3 Å². The number of ether oxygens (including phenoxy) is 1. The van der Waals surface area contributed by atoms with E-state index >= 15 is 0 Å². The van der Waals surface area contributed by atoms with Crippen molar-refractivity contribution in [1.29, 1.82) is 0 Å². The Morgan fingerprint density at radius 1 is 1.13 bits per heavy atom. The third-order valence-corrected chi connectivity index (χ3v) is 7.21. The monoisotopic (exact) mass is 417 g/mol. The predicted molar refractivity (Wildman–Crippen MR) is 116 cm³/mol. The molecule has 3 saturated heterocycles. The quantitative estimate of drug-likeness (QED) is 0.772. The molecule has 1 N–H and O–H groups in total. The summed E-state index contributed by atoms with van der Waals surface area (Å²) in [6.45, 7) is 7.01. The molecule has 0 aromatic heterocycles. The molecule has 0 radical (unpaired) electrons. The normalized spacial score (nSPS) is 25.7. The SMILES string of the molecule is O=C(NCC1(N2CCCCC2)CCOCC1)C1CCCN(Cc2cccc(F)c2)C1. The summed E-state index contributed by atoms with van der Waals surface area (Å²) < 4.78 is 19.1. The van der Waals surface area contributed by atoms with Gasteiger partial charge in [-0.1, -0.05) is 18.6 Å². The van der Waals surface area contributed by atoms with Crippen LogP contribution in [0, 0.1) is 11.7 Å². The molecule has 166 valence electrons. The second kappa shape index (κ2) is 10.2. The Morgan fingerprint density at radius 2 is 1.93 bits per heavy atom. The van der Waals surface area contributed by atoms with Crippen LogP contribution in [0.2, 0.25) is 0 Å². The van der Waals surface area contributed by atoms with Crippen LogP contribution in [0.5, 0.6) is 0 Å². The standard InChI is InChI=1S/C24H36FN3O2/c25-22-8-4-6-20(16-22)17-27-11-5-7-21(18-27)23(29)26-19-24(9-14-30-15-10-24)28-12-2-1-3-13-28/h4,6,8,16,21H,1-3,5,7,9-15,17-19H2,(H,26,29). The number of benzene rings is 1. The molecule has 5 nitrogen and oxygen atoms in total. The van der Waals surface area contributed by atoms with E-state index in [0.29, 0.717) is 6.54 Å². The van der Waals surface area contributed by atoms with Gasteiger partial charge < -0.3 is 10.1 Å². The summed E-state index contributed by atoms with van der Waals surface area (Å²) >= 11 is 0. The second-order valence-electron chi connectivity index (χ2n) is 9.31. The van der Waals surface area contributed by atoms with Crippen molar-refractivity contribution in [3.63, 3.8) is 0 Å². The van der Waals surface area contributed by atoms with Gasteiger partial charge in [-0.15, -0.1) is 0 Å². The summed E-state index contributed by atoms with van der Waals surface area (Å²) in [6, 6.07) is 6.79. The van der Waals surface area contributed by atoms with Gasteiger partial charge in [0, 0.05) is 38.4 Å². The van der Waals surface area contributed by atoms with E-state index in [-0.39, 0.29) is 23.2 Å². The molecule has 3 fully saturated rings. The number of nitrogens with zero attached hydrogens (tertiary/aromatic N) is 2. The summed E-state index contributed by atoms with van der Waals surface area (Å²) in [7, 11) is 0. The lowest BCUT2D eigenvalue weighted by Crippen LogP contribution is -2.60. The summed E-state index contributed by atoms with van der Waals surface area (Å²) in [6.07, 6.45) is 7.79. The molecule has 3 heterocycles. The summed E-state index contributed by atoms with van der Waals surface area (Å²) in [5.74, 6) is 0.00523. The highest BCUT2D eigenvalue weighted by atomic mass is 19.1. The van der Waals surface area contributed by atoms with Gasteiger partial charge in [-0.2, -0.15) is 0 Å². The van der Waals surface area contributed by atoms with E-state index in [2.05, 4.69) is 15.1 Å². The topological polar surface area (TPSA) is 44.8 Å². The lowest BCUT2D eigenvalue weighted by atomic mass is 9.85. The number of halogens is 1. The smallest absolute Gasteiger partial charge is 0.224 e. The lowest BCUT2D eigenvalue weighted by molar-refractivity contribution is -0.128. The number of hydrogen-bond acceptors (Lipinski definition) is 4. The molecule has 1 unspecified atom stereocenters. The zero-order chi connectivity index (χ0) is 20.8. The highest BCUT2D eigenvalue weighted by Gasteiger charge is 2.39. The molecule has 1 atom stereocenters. The number of carbonyl (C=O) groups excluding carboxylic acids is 1. The van der Waals surface area contributed by atoms with Gasteiger partial charge in [-0.25, -0.2) is 4.39 Å². The third-order valence-electron chi connectivity index (χ3n) is 7.21. The number of amides is 1. The first-order valence-corrected chi connectivity index (χ1v) is 11.7. The largest absolute Gasteiger partial charge is 0.381 e. The maximum atomic E-state index is 13.5. The average Bonchev–Trinajstić information content (AvgIpc) is 2.79. The summed E-state index contributed by atoms with van der Waals surface area (Å²) in [4.78, 5) is 18.0. The Hall–Kier alpha value is -1.50. The molecular weight excluding hydrogens is 381 g/mol. The number of rotatable bonds is 6. The average molecular weight is 418 g/mol. The molecule has 1 aromatic rings. The van der Waals surface area contributed by atoms with E-state index in [0.717, 1.165) is 77.2 Å². The first-order valence-electron chi connectivity index (χ1n) is 11.7. The van der Waals surface area contributed by atoms with Gasteiger partial charge in [0.1, 0.15) is 5.82 Å². The van der Waals surface area contributed by atoms with Crippen molar-refractivity contribution in [2.75, 3.05) is 45.9 Å². The van der Waals surface area contributed by atoms with Crippen molar-refractivity contribution in [2.45, 2.75) is 57.0 Å². The van der Waals surface area contributed by atoms with Gasteiger partial charge in [0.05, 0.1) is 5.92 Å². The Labute approximate surface area is 179 Å². The minimum Gasteiger partial charge on any atom is -0.381 e. The fourth-order valence-corrected chi connectivity index (χ4v) is 5.43. The molecule has 1 aromatic carbocycles. The van der Waals surface area contributed by atoms with Gasteiger partial charge >= 0.3 is 0 Å². The van der Waals surface area contributed by atoms with Crippen LogP contribution in [0.25, 0.3) is 0 Å². The Bertz CT molecular complexity index is 701. The van der Waals surface area contributed by atoms with Gasteiger partial charge in [-0.05, 0) is 75.9 Å². The molecule has 4 rings (SSSR count). The minimum absolute atomic E-state index is 0.0190. The lowest BCUT2D eigenvalue weighted by Gasteiger charge is -2.48. The molecule has 0 saturated carbocycles. The highest BCUT2D eigenvalue weighted by molar-refractivity contribution is 5.79. The zero-order valence-electron chi connectivity index (χ0n) is 18.1. The van der Waals surface area contributed by atoms with Crippen LogP contribution in [0.1, 0.15) is 50.5 Å². The van der Waals surface area contributed by atoms with Crippen LogP contribution in [-0.2, 0) is 16.1 Å². The molecule has 30 heavy (non-hydrogen) atoms. The molecule has 0 bridgehead atoms. The zero-order valence-corrected chi connectivity index (χ0v) is 18.1. The molecule has 3 aliphatic heterocycles. The molecule has 6 heteroatoms. The fourth-order valence-electron chi connectivity index (χ4n) is 5.43. The second-order valence-corrected chi connectivity index (χ2v) is 9.31. The van der Waals surface area contributed by atoms with Crippen LogP contribution < -0.4 is 5.32 Å². The van der Waals surface area contributed by atoms with Crippen LogP contribution >= 0.6 is 0 Å². The molecule has 3 aliphatic rings. The first kappa shape index (κ1) is 21.7. The van der Waals surface area contributed by atoms with Gasteiger partial charge in [0.25, 0.3) is 0 Å². The molecule has 1 amide bonds. The van der Waals surface area contributed by atoms with E-state index in [1.54, 1.807) is 12.1 Å². The Kier molecular flexibility index (Phi) is 7.39. The fraction of sp³-hybridized carbons (Fsp3) is 0.708. The number of piperidine rings is 2. The van der Waals surface area contributed by atoms with E-state index in [1.807, 2.05) is 6.07 Å². The maximum absolute atomic E-state index is 13.5. The molecule has 0 spiro atoms. The Morgan fingerprint density at radius 3 is 2.70 bits per heavy atom. The molecular formula is C24H36FN3O2. The highest BCUT2D eigenvalue weighted by Crippen LogP contribution is 2.30. The van der Waals surface area contributed by atoms with Crippen LogP contribution in [0.4, 0.5) is 4.39 Å². The van der Waals surface area contributed by atoms with E-state index in [4.69, 9.17) is 4.74 Å². The number of likely N-dealkylation sites (tertiary alicyclic amines) is 2. The van der Waals surface area contributed by atoms with Crippen molar-refractivity contribution in [3.05, 3.63) is 35.6 Å². The van der Waals surface area contributed by atoms with Crippen LogP contribution in [0.3, 0.4) is 0 Å². The maximum Gasteiger partial charge on any atom is 0.224 e. The van der Waals surface area contributed by atoms with Crippen molar-refractivity contribution >= 4 is 5.91 Å². The molecule has 0 aliphatic carbocycles. The number of nitrogens with one attached hydrogen (secondary N) is 1. The van der Waals surface area contributed by atoms with Crippen molar-refractivity contribution in [2.24, 2.45) is 5.92 Å². The predicted octanol–water partition coefficient (Wildman–Crippen LogP) is 3.19. The Balaban J connectivity index is 1.33.